The topological polar surface area (TPSA) is 119 Å². The summed E-state index contributed by atoms with van der Waals surface area (Å²) in [6, 6.07) is 6.25. The highest BCUT2D eigenvalue weighted by atomic mass is 19.4. The fourth-order valence-electron chi connectivity index (χ4n) is 3.68. The maximum Gasteiger partial charge on any atom is 0.422 e. The molecule has 1 atom stereocenters. The molecule has 0 radical (unpaired) electrons. The van der Waals surface area contributed by atoms with Crippen LogP contribution in [-0.2, 0) is 34.8 Å². The fourth-order valence-corrected chi connectivity index (χ4v) is 3.68. The number of hydrogen-bond donors (Lipinski definition) is 2. The van der Waals surface area contributed by atoms with Crippen LogP contribution in [-0.4, -0.2) is 36.4 Å². The number of aliphatic hydroxyl groups is 1. The number of aryl methyl sites for hydroxylation is 2. The molecule has 3 rings (SSSR count). The minimum absolute atomic E-state index is 0.0856. The number of carbonyl (C=O) groups excluding carboxylic acids is 1. The van der Waals surface area contributed by atoms with Gasteiger partial charge in [-0.2, -0.15) is 13.2 Å². The molecule has 0 amide bonds. The third-order valence-corrected chi connectivity index (χ3v) is 5.50. The summed E-state index contributed by atoms with van der Waals surface area (Å²) >= 11 is 0. The molecule has 34 heavy (non-hydrogen) atoms. The van der Waals surface area contributed by atoms with Gasteiger partial charge in [0.25, 0.3) is 5.56 Å². The summed E-state index contributed by atoms with van der Waals surface area (Å²) in [5.74, 6) is -1.22. The Morgan fingerprint density at radius 1 is 1.15 bits per heavy atom. The summed E-state index contributed by atoms with van der Waals surface area (Å²) < 4.78 is 48.7. The molecule has 0 fully saturated rings. The highest BCUT2D eigenvalue weighted by Gasteiger charge is 2.56. The van der Waals surface area contributed by atoms with Gasteiger partial charge in [0.05, 0.1) is 6.42 Å². The summed E-state index contributed by atoms with van der Waals surface area (Å²) in [5.41, 5.74) is -5.03. The van der Waals surface area contributed by atoms with Crippen molar-refractivity contribution in [1.29, 1.82) is 0 Å². The molecule has 2 aromatic heterocycles. The second kappa shape index (κ2) is 9.84. The molecule has 0 spiro atoms. The standard InChI is InChI=1S/C22H25F3N4O5/c1-3-5-11-29-18-17(19(31)27-20(29)32)28(4-2)15(26-18)13-34-16(30)12-21(33,22(23,24)25)14-9-7-6-8-10-14/h6-10,33H,3-5,11-13H2,1-2H3,(H,27,31,32)/t21-/m0/s1. The number of unbranched alkanes of at least 4 members (excludes halogenated alkanes) is 1. The van der Waals surface area contributed by atoms with Gasteiger partial charge in [-0.15, -0.1) is 0 Å². The molecule has 3 aromatic rings. The number of halogens is 3. The van der Waals surface area contributed by atoms with Crippen LogP contribution in [0.25, 0.3) is 11.2 Å². The quantitative estimate of drug-likeness (QED) is 0.453. The van der Waals surface area contributed by atoms with Crippen LogP contribution in [0.15, 0.2) is 39.9 Å². The van der Waals surface area contributed by atoms with Crippen molar-refractivity contribution in [3.05, 3.63) is 62.6 Å². The zero-order valence-corrected chi connectivity index (χ0v) is 18.7. The van der Waals surface area contributed by atoms with Crippen molar-refractivity contribution >= 4 is 17.1 Å². The van der Waals surface area contributed by atoms with E-state index in [0.717, 1.165) is 18.6 Å². The van der Waals surface area contributed by atoms with E-state index in [9.17, 15) is 32.7 Å². The molecule has 1 aromatic carbocycles. The summed E-state index contributed by atoms with van der Waals surface area (Å²) in [6.07, 6.45) is -5.06. The molecule has 0 aliphatic heterocycles. The highest BCUT2D eigenvalue weighted by Crippen LogP contribution is 2.41. The number of rotatable bonds is 9. The van der Waals surface area contributed by atoms with Gasteiger partial charge < -0.3 is 14.4 Å². The van der Waals surface area contributed by atoms with E-state index in [1.54, 1.807) is 6.92 Å². The maximum absolute atomic E-state index is 13.7. The minimum atomic E-state index is -5.13. The van der Waals surface area contributed by atoms with Crippen molar-refractivity contribution in [3.63, 3.8) is 0 Å². The molecular formula is C22H25F3N4O5. The van der Waals surface area contributed by atoms with Gasteiger partial charge >= 0.3 is 17.8 Å². The number of esters is 1. The number of aromatic amines is 1. The SMILES string of the molecule is CCCCn1c(=O)[nH]c(=O)c2c1nc(COC(=O)C[C@](O)(c1ccccc1)C(F)(F)F)n2CC. The van der Waals surface area contributed by atoms with Crippen LogP contribution in [0.4, 0.5) is 13.2 Å². The Morgan fingerprint density at radius 3 is 2.41 bits per heavy atom. The van der Waals surface area contributed by atoms with Crippen molar-refractivity contribution in [2.45, 2.75) is 64.6 Å². The van der Waals surface area contributed by atoms with E-state index >= 15 is 0 Å². The fraction of sp³-hybridized carbons (Fsp3) is 0.455. The average molecular weight is 482 g/mol. The number of nitrogens with one attached hydrogen (secondary N) is 1. The molecule has 0 unspecified atom stereocenters. The molecule has 2 heterocycles. The van der Waals surface area contributed by atoms with Crippen LogP contribution >= 0.6 is 0 Å². The van der Waals surface area contributed by atoms with E-state index in [-0.39, 0.29) is 23.5 Å². The number of aromatic nitrogens is 4. The van der Waals surface area contributed by atoms with Crippen molar-refractivity contribution in [2.24, 2.45) is 0 Å². The van der Waals surface area contributed by atoms with Gasteiger partial charge in [-0.25, -0.2) is 9.78 Å². The molecule has 0 aliphatic rings. The Labute approximate surface area is 191 Å². The van der Waals surface area contributed by atoms with Gasteiger partial charge in [-0.1, -0.05) is 43.7 Å². The summed E-state index contributed by atoms with van der Waals surface area (Å²) in [7, 11) is 0. The first-order valence-corrected chi connectivity index (χ1v) is 10.8. The van der Waals surface area contributed by atoms with Gasteiger partial charge in [0, 0.05) is 13.1 Å². The Hall–Kier alpha value is -3.41. The molecule has 0 saturated carbocycles. The number of benzene rings is 1. The monoisotopic (exact) mass is 482 g/mol. The van der Waals surface area contributed by atoms with Gasteiger partial charge in [0.2, 0.25) is 0 Å². The van der Waals surface area contributed by atoms with Crippen molar-refractivity contribution in [1.82, 2.24) is 19.1 Å². The lowest BCUT2D eigenvalue weighted by Crippen LogP contribution is -2.44. The highest BCUT2D eigenvalue weighted by molar-refractivity contribution is 5.72. The third kappa shape index (κ3) is 4.76. The van der Waals surface area contributed by atoms with Gasteiger partial charge in [-0.05, 0) is 18.9 Å². The van der Waals surface area contributed by atoms with Crippen LogP contribution in [0, 0.1) is 0 Å². The predicted octanol–water partition coefficient (Wildman–Crippen LogP) is 2.59. The van der Waals surface area contributed by atoms with Crippen LogP contribution in [0.1, 0.15) is 44.5 Å². The first-order chi connectivity index (χ1) is 16.0. The van der Waals surface area contributed by atoms with E-state index in [0.29, 0.717) is 13.0 Å². The number of alkyl halides is 3. The van der Waals surface area contributed by atoms with Crippen LogP contribution in [0.5, 0.6) is 0 Å². The van der Waals surface area contributed by atoms with E-state index in [1.165, 1.54) is 27.3 Å². The summed E-state index contributed by atoms with van der Waals surface area (Å²) in [6.45, 7) is 3.62. The number of hydrogen-bond acceptors (Lipinski definition) is 6. The Bertz CT molecular complexity index is 1280. The smallest absolute Gasteiger partial charge is 0.422 e. The summed E-state index contributed by atoms with van der Waals surface area (Å²) in [4.78, 5) is 43.5. The Balaban J connectivity index is 1.90. The third-order valence-electron chi connectivity index (χ3n) is 5.50. The maximum atomic E-state index is 13.7. The zero-order valence-electron chi connectivity index (χ0n) is 18.7. The lowest BCUT2D eigenvalue weighted by molar-refractivity contribution is -0.269. The molecule has 0 saturated heterocycles. The number of imidazole rings is 1. The number of H-pyrrole nitrogens is 1. The van der Waals surface area contributed by atoms with Crippen LogP contribution < -0.4 is 11.2 Å². The average Bonchev–Trinajstić information content (AvgIpc) is 3.16. The predicted molar refractivity (Wildman–Crippen MR) is 116 cm³/mol. The molecule has 2 N–H and O–H groups in total. The van der Waals surface area contributed by atoms with Crippen molar-refractivity contribution in [3.8, 4) is 0 Å². The first kappa shape index (κ1) is 25.2. The number of nitrogens with zero attached hydrogens (tertiary/aromatic N) is 3. The lowest BCUT2D eigenvalue weighted by atomic mass is 9.90. The van der Waals surface area contributed by atoms with Crippen LogP contribution in [0.3, 0.4) is 0 Å². The Kier molecular flexibility index (Phi) is 7.29. The number of carbonyl (C=O) groups is 1. The molecule has 0 bridgehead atoms. The van der Waals surface area contributed by atoms with Crippen molar-refractivity contribution < 1.29 is 27.8 Å². The molecule has 0 aliphatic carbocycles. The summed E-state index contributed by atoms with van der Waals surface area (Å²) in [5, 5.41) is 10.4. The largest absolute Gasteiger partial charge is 0.457 e. The van der Waals surface area contributed by atoms with E-state index in [1.807, 2.05) is 6.92 Å². The van der Waals surface area contributed by atoms with Crippen molar-refractivity contribution in [2.75, 3.05) is 0 Å². The molecular weight excluding hydrogens is 457 g/mol. The van der Waals surface area contributed by atoms with E-state index < -0.39 is 47.6 Å². The van der Waals surface area contributed by atoms with E-state index in [2.05, 4.69) is 9.97 Å². The van der Waals surface area contributed by atoms with Gasteiger partial charge in [0.1, 0.15) is 12.4 Å². The normalized spacial score (nSPS) is 13.7. The first-order valence-electron chi connectivity index (χ1n) is 10.8. The van der Waals surface area contributed by atoms with Crippen LogP contribution in [0.2, 0.25) is 0 Å². The number of ether oxygens (including phenoxy) is 1. The zero-order chi connectivity index (χ0) is 25.1. The Morgan fingerprint density at radius 2 is 1.82 bits per heavy atom. The molecule has 9 nitrogen and oxygen atoms in total. The lowest BCUT2D eigenvalue weighted by Gasteiger charge is -2.30. The second-order valence-electron chi connectivity index (χ2n) is 7.77. The van der Waals surface area contributed by atoms with Gasteiger partial charge in [-0.3, -0.25) is 19.1 Å². The molecule has 184 valence electrons. The minimum Gasteiger partial charge on any atom is -0.457 e. The number of fused-ring (bicyclic) bond motifs is 1. The van der Waals surface area contributed by atoms with Gasteiger partial charge in [0.15, 0.2) is 16.8 Å². The second-order valence-corrected chi connectivity index (χ2v) is 7.77. The van der Waals surface area contributed by atoms with E-state index in [4.69, 9.17) is 4.74 Å². The molecule has 12 heteroatoms.